The number of aromatic nitrogens is 1. The minimum absolute atomic E-state index is 0.0109. The molecule has 6 heteroatoms. The molecule has 116 valence electrons. The summed E-state index contributed by atoms with van der Waals surface area (Å²) >= 11 is 13.2. The number of hydrogen-bond acceptors (Lipinski definition) is 4. The smallest absolute Gasteiger partial charge is 0.319 e. The molecule has 0 N–H and O–H groups in total. The van der Waals surface area contributed by atoms with Gasteiger partial charge in [-0.05, 0) is 38.1 Å². The van der Waals surface area contributed by atoms with Crippen LogP contribution in [0, 0.1) is 6.92 Å². The number of rotatable bonds is 5. The molecule has 0 amide bonds. The van der Waals surface area contributed by atoms with Gasteiger partial charge in [0.1, 0.15) is 17.0 Å². The first-order valence-corrected chi connectivity index (χ1v) is 8.30. The van der Waals surface area contributed by atoms with Gasteiger partial charge in [-0.25, -0.2) is 4.98 Å². The number of benzene rings is 1. The molecule has 0 saturated carbocycles. The van der Waals surface area contributed by atoms with E-state index in [2.05, 4.69) is 4.98 Å². The van der Waals surface area contributed by atoms with Crippen molar-refractivity contribution in [2.75, 3.05) is 0 Å². The summed E-state index contributed by atoms with van der Waals surface area (Å²) in [4.78, 5) is 17.1. The van der Waals surface area contributed by atoms with Crippen LogP contribution >= 0.6 is 35.0 Å². The van der Waals surface area contributed by atoms with Crippen molar-refractivity contribution in [1.82, 2.24) is 4.98 Å². The second kappa shape index (κ2) is 7.86. The highest BCUT2D eigenvalue weighted by atomic mass is 35.5. The van der Waals surface area contributed by atoms with E-state index in [-0.39, 0.29) is 17.8 Å². The number of carbonyl (C=O) groups is 1. The van der Waals surface area contributed by atoms with Gasteiger partial charge in [0.2, 0.25) is 0 Å². The fraction of sp³-hybridized carbons (Fsp3) is 0.250. The van der Waals surface area contributed by atoms with Crippen molar-refractivity contribution < 1.29 is 9.53 Å². The van der Waals surface area contributed by atoms with Gasteiger partial charge in [-0.1, -0.05) is 40.9 Å². The quantitative estimate of drug-likeness (QED) is 0.433. The standard InChI is InChI=1S/C16H15Cl2NO2S/c1-10-3-5-12(6-4-10)22-11(2)16(20)21-9-14-13(17)7-8-15(18)19-14/h3-8,11H,9H2,1-2H3/t11-/m1/s1. The highest BCUT2D eigenvalue weighted by Gasteiger charge is 2.17. The number of thioether (sulfide) groups is 1. The molecule has 0 aliphatic carbocycles. The van der Waals surface area contributed by atoms with Gasteiger partial charge in [-0.15, -0.1) is 11.8 Å². The van der Waals surface area contributed by atoms with Gasteiger partial charge in [0.05, 0.1) is 10.7 Å². The van der Waals surface area contributed by atoms with Gasteiger partial charge < -0.3 is 4.74 Å². The van der Waals surface area contributed by atoms with Crippen molar-refractivity contribution in [3.8, 4) is 0 Å². The van der Waals surface area contributed by atoms with Crippen LogP contribution in [0.1, 0.15) is 18.2 Å². The highest BCUT2D eigenvalue weighted by Crippen LogP contribution is 2.25. The Morgan fingerprint density at radius 2 is 1.91 bits per heavy atom. The second-order valence-corrected chi connectivity index (χ2v) is 6.95. The fourth-order valence-electron chi connectivity index (χ4n) is 1.68. The molecule has 0 aliphatic rings. The monoisotopic (exact) mass is 355 g/mol. The van der Waals surface area contributed by atoms with E-state index in [4.69, 9.17) is 27.9 Å². The van der Waals surface area contributed by atoms with E-state index < -0.39 is 0 Å². The molecule has 2 aromatic rings. The van der Waals surface area contributed by atoms with Crippen molar-refractivity contribution in [2.24, 2.45) is 0 Å². The lowest BCUT2D eigenvalue weighted by atomic mass is 10.2. The molecule has 0 aliphatic heterocycles. The van der Waals surface area contributed by atoms with Crippen molar-refractivity contribution in [2.45, 2.75) is 30.6 Å². The van der Waals surface area contributed by atoms with E-state index >= 15 is 0 Å². The van der Waals surface area contributed by atoms with Crippen LogP contribution in [0.3, 0.4) is 0 Å². The average Bonchev–Trinajstić information content (AvgIpc) is 2.50. The molecule has 0 radical (unpaired) electrons. The number of carbonyl (C=O) groups excluding carboxylic acids is 1. The number of hydrogen-bond donors (Lipinski definition) is 0. The molecular weight excluding hydrogens is 341 g/mol. The Bertz CT molecular complexity index is 662. The van der Waals surface area contributed by atoms with Crippen LogP contribution in [0.5, 0.6) is 0 Å². The molecule has 2 rings (SSSR count). The first kappa shape index (κ1) is 17.1. The minimum Gasteiger partial charge on any atom is -0.458 e. The number of ether oxygens (including phenoxy) is 1. The zero-order valence-electron chi connectivity index (χ0n) is 12.2. The fourth-order valence-corrected chi connectivity index (χ4v) is 2.88. The Hall–Kier alpha value is -1.23. The van der Waals surface area contributed by atoms with Gasteiger partial charge >= 0.3 is 5.97 Å². The summed E-state index contributed by atoms with van der Waals surface area (Å²) in [7, 11) is 0. The summed E-state index contributed by atoms with van der Waals surface area (Å²) in [6.45, 7) is 3.84. The van der Waals surface area contributed by atoms with Crippen LogP contribution in [0.15, 0.2) is 41.3 Å². The molecule has 3 nitrogen and oxygen atoms in total. The van der Waals surface area contributed by atoms with Crippen LogP contribution in [0.25, 0.3) is 0 Å². The molecule has 0 unspecified atom stereocenters. The van der Waals surface area contributed by atoms with E-state index in [0.29, 0.717) is 15.9 Å². The average molecular weight is 356 g/mol. The number of aryl methyl sites for hydroxylation is 1. The van der Waals surface area contributed by atoms with E-state index in [1.54, 1.807) is 19.1 Å². The maximum Gasteiger partial charge on any atom is 0.319 e. The number of pyridine rings is 1. The van der Waals surface area contributed by atoms with E-state index in [1.165, 1.54) is 17.3 Å². The first-order valence-electron chi connectivity index (χ1n) is 6.66. The number of nitrogens with zero attached hydrogens (tertiary/aromatic N) is 1. The van der Waals surface area contributed by atoms with E-state index in [9.17, 15) is 4.79 Å². The van der Waals surface area contributed by atoms with Gasteiger partial charge in [0, 0.05) is 4.90 Å². The third-order valence-electron chi connectivity index (χ3n) is 2.90. The Morgan fingerprint density at radius 3 is 2.59 bits per heavy atom. The summed E-state index contributed by atoms with van der Waals surface area (Å²) in [5.41, 5.74) is 1.64. The third-order valence-corrected chi connectivity index (χ3v) is 4.55. The summed E-state index contributed by atoms with van der Waals surface area (Å²) in [6, 6.07) is 11.2. The molecule has 1 aromatic heterocycles. The lowest BCUT2D eigenvalue weighted by Crippen LogP contribution is -2.17. The maximum absolute atomic E-state index is 12.0. The zero-order valence-corrected chi connectivity index (χ0v) is 14.5. The highest BCUT2D eigenvalue weighted by molar-refractivity contribution is 8.00. The molecular formula is C16H15Cl2NO2S. The number of esters is 1. The largest absolute Gasteiger partial charge is 0.458 e. The Morgan fingerprint density at radius 1 is 1.23 bits per heavy atom. The van der Waals surface area contributed by atoms with E-state index in [0.717, 1.165) is 4.90 Å². The van der Waals surface area contributed by atoms with Crippen molar-refractivity contribution in [3.05, 3.63) is 57.8 Å². The molecule has 0 bridgehead atoms. The van der Waals surface area contributed by atoms with Gasteiger partial charge in [0.15, 0.2) is 0 Å². The summed E-state index contributed by atoms with van der Waals surface area (Å²) in [5.74, 6) is -0.316. The van der Waals surface area contributed by atoms with Crippen molar-refractivity contribution >= 4 is 40.9 Å². The molecule has 0 fully saturated rings. The normalized spacial score (nSPS) is 12.0. The van der Waals surface area contributed by atoms with Crippen molar-refractivity contribution in [1.29, 1.82) is 0 Å². The van der Waals surface area contributed by atoms with Crippen molar-refractivity contribution in [3.63, 3.8) is 0 Å². The van der Waals surface area contributed by atoms with Crippen LogP contribution in [-0.2, 0) is 16.1 Å². The van der Waals surface area contributed by atoms with Gasteiger partial charge in [-0.2, -0.15) is 0 Å². The predicted molar refractivity (Wildman–Crippen MR) is 90.6 cm³/mol. The number of halogens is 2. The maximum atomic E-state index is 12.0. The lowest BCUT2D eigenvalue weighted by Gasteiger charge is -2.12. The van der Waals surface area contributed by atoms with Crippen LogP contribution in [0.4, 0.5) is 0 Å². The first-order chi connectivity index (χ1) is 10.5. The van der Waals surface area contributed by atoms with Gasteiger partial charge in [0.25, 0.3) is 0 Å². The van der Waals surface area contributed by atoms with Crippen LogP contribution in [0.2, 0.25) is 10.2 Å². The Kier molecular flexibility index (Phi) is 6.12. The molecule has 0 spiro atoms. The lowest BCUT2D eigenvalue weighted by molar-refractivity contribution is -0.144. The third kappa shape index (κ3) is 4.90. The van der Waals surface area contributed by atoms with E-state index in [1.807, 2.05) is 31.2 Å². The molecule has 1 atom stereocenters. The topological polar surface area (TPSA) is 39.2 Å². The summed E-state index contributed by atoms with van der Waals surface area (Å²) in [5, 5.41) is 0.425. The summed E-state index contributed by atoms with van der Waals surface area (Å²) in [6.07, 6.45) is 0. The Labute approximate surface area is 144 Å². The molecule has 1 aromatic carbocycles. The summed E-state index contributed by atoms with van der Waals surface area (Å²) < 4.78 is 5.26. The molecule has 1 heterocycles. The SMILES string of the molecule is Cc1ccc(S[C@H](C)C(=O)OCc2nc(Cl)ccc2Cl)cc1. The molecule has 22 heavy (non-hydrogen) atoms. The van der Waals surface area contributed by atoms with Gasteiger partial charge in [-0.3, -0.25) is 4.79 Å². The van der Waals surface area contributed by atoms with Crippen LogP contribution in [-0.4, -0.2) is 16.2 Å². The minimum atomic E-state index is -0.319. The Balaban J connectivity index is 1.91. The van der Waals surface area contributed by atoms with Crippen LogP contribution < -0.4 is 0 Å². The molecule has 0 saturated heterocycles. The predicted octanol–water partition coefficient (Wildman–Crippen LogP) is 4.92. The second-order valence-electron chi connectivity index (χ2n) is 4.74. The zero-order chi connectivity index (χ0) is 16.1.